The molecule has 2 aromatic rings. The Balaban J connectivity index is 1.87. The van der Waals surface area contributed by atoms with E-state index in [1.54, 1.807) is 11.3 Å². The van der Waals surface area contributed by atoms with E-state index in [2.05, 4.69) is 10.0 Å². The zero-order valence-electron chi connectivity index (χ0n) is 14.5. The van der Waals surface area contributed by atoms with Crippen LogP contribution in [0.25, 0.3) is 0 Å². The van der Waals surface area contributed by atoms with Crippen molar-refractivity contribution < 1.29 is 9.21 Å². The molecular formula is C19H22ClN3O2. The average molecular weight is 360 g/mol. The molecule has 0 N–H and O–H groups in total. The fourth-order valence-corrected chi connectivity index (χ4v) is 3.10. The summed E-state index contributed by atoms with van der Waals surface area (Å²) in [6, 6.07) is 11.1. The molecule has 0 spiro atoms. The lowest BCUT2D eigenvalue weighted by Crippen LogP contribution is -2.38. The first-order chi connectivity index (χ1) is 12.1. The zero-order valence-corrected chi connectivity index (χ0v) is 15.2. The minimum atomic E-state index is -0.205. The van der Waals surface area contributed by atoms with Crippen LogP contribution in [0.5, 0.6) is 0 Å². The smallest absolute Gasteiger partial charge is 0.257 e. The summed E-state index contributed by atoms with van der Waals surface area (Å²) >= 11 is 5.97. The van der Waals surface area contributed by atoms with Crippen LogP contribution in [-0.4, -0.2) is 41.2 Å². The molecule has 2 heterocycles. The maximum absolute atomic E-state index is 12.8. The Bertz CT molecular complexity index is 737. The Morgan fingerprint density at radius 1 is 1.28 bits per heavy atom. The van der Waals surface area contributed by atoms with E-state index in [1.165, 1.54) is 0 Å². The van der Waals surface area contributed by atoms with Crippen molar-refractivity contribution in [3.05, 3.63) is 59.0 Å². The quantitative estimate of drug-likeness (QED) is 0.784. The van der Waals surface area contributed by atoms with Gasteiger partial charge in [0, 0.05) is 11.4 Å². The van der Waals surface area contributed by atoms with Crippen molar-refractivity contribution in [1.29, 1.82) is 0 Å². The van der Waals surface area contributed by atoms with Gasteiger partial charge in [-0.2, -0.15) is 5.10 Å². The highest BCUT2D eigenvalue weighted by Gasteiger charge is 2.35. The van der Waals surface area contributed by atoms with Crippen LogP contribution in [0, 0.1) is 0 Å². The minimum absolute atomic E-state index is 0.0194. The highest BCUT2D eigenvalue weighted by Crippen LogP contribution is 2.33. The van der Waals surface area contributed by atoms with Crippen molar-refractivity contribution in [3.63, 3.8) is 0 Å². The number of hydrogen-bond donors (Lipinski definition) is 0. The molecule has 1 aromatic heterocycles. The van der Waals surface area contributed by atoms with Crippen LogP contribution in [-0.2, 0) is 4.79 Å². The largest absolute Gasteiger partial charge is 0.467 e. The molecule has 0 saturated heterocycles. The van der Waals surface area contributed by atoms with Gasteiger partial charge in [0.2, 0.25) is 0 Å². The summed E-state index contributed by atoms with van der Waals surface area (Å²) in [5.41, 5.74) is 1.84. The first-order valence-electron chi connectivity index (χ1n) is 8.53. The predicted octanol–water partition coefficient (Wildman–Crippen LogP) is 3.95. The summed E-state index contributed by atoms with van der Waals surface area (Å²) in [5, 5.41) is 6.87. The van der Waals surface area contributed by atoms with Crippen molar-refractivity contribution in [2.24, 2.45) is 5.10 Å². The first kappa shape index (κ1) is 17.7. The summed E-state index contributed by atoms with van der Waals surface area (Å²) in [4.78, 5) is 14.9. The number of carbonyl (C=O) groups is 1. The number of carbonyl (C=O) groups excluding carboxylic acids is 1. The number of hydrogen-bond acceptors (Lipinski definition) is 4. The second kappa shape index (κ2) is 7.85. The van der Waals surface area contributed by atoms with Gasteiger partial charge in [-0.3, -0.25) is 9.69 Å². The molecule has 0 unspecified atom stereocenters. The number of furan rings is 1. The molecule has 1 aromatic carbocycles. The Kier molecular flexibility index (Phi) is 5.56. The number of halogens is 1. The van der Waals surface area contributed by atoms with Crippen LogP contribution < -0.4 is 0 Å². The summed E-state index contributed by atoms with van der Waals surface area (Å²) in [6.07, 6.45) is 2.25. The third-order valence-corrected chi connectivity index (χ3v) is 4.72. The maximum atomic E-state index is 12.8. The highest BCUT2D eigenvalue weighted by molar-refractivity contribution is 6.30. The Morgan fingerprint density at radius 3 is 2.60 bits per heavy atom. The molecule has 25 heavy (non-hydrogen) atoms. The van der Waals surface area contributed by atoms with E-state index < -0.39 is 0 Å². The molecule has 5 nitrogen and oxygen atoms in total. The lowest BCUT2D eigenvalue weighted by molar-refractivity contribution is -0.134. The van der Waals surface area contributed by atoms with Gasteiger partial charge in [0.25, 0.3) is 5.91 Å². The predicted molar refractivity (Wildman–Crippen MR) is 98.7 cm³/mol. The van der Waals surface area contributed by atoms with E-state index in [1.807, 2.05) is 50.2 Å². The summed E-state index contributed by atoms with van der Waals surface area (Å²) in [7, 11) is 0. The van der Waals surface area contributed by atoms with Gasteiger partial charge in [-0.25, -0.2) is 5.01 Å². The molecule has 0 aliphatic carbocycles. The summed E-state index contributed by atoms with van der Waals surface area (Å²) < 4.78 is 5.56. The van der Waals surface area contributed by atoms with E-state index in [9.17, 15) is 4.79 Å². The van der Waals surface area contributed by atoms with Crippen LogP contribution in [0.2, 0.25) is 5.02 Å². The molecule has 1 atom stereocenters. The second-order valence-corrected chi connectivity index (χ2v) is 6.43. The lowest BCUT2D eigenvalue weighted by atomic mass is 10.0. The normalized spacial score (nSPS) is 17.2. The molecule has 0 bridgehead atoms. The summed E-state index contributed by atoms with van der Waals surface area (Å²) in [6.45, 7) is 6.10. The standard InChI is InChI=1S/C19H22ClN3O2/c1-3-22(4-2)13-19(24)23-17(18-6-5-11-25-18)12-16(21-23)14-7-9-15(20)10-8-14/h5-11,17H,3-4,12-13H2,1-2H3/t17-/m1/s1. The van der Waals surface area contributed by atoms with Crippen molar-refractivity contribution >= 4 is 23.2 Å². The van der Waals surface area contributed by atoms with Gasteiger partial charge in [-0.15, -0.1) is 0 Å². The van der Waals surface area contributed by atoms with Gasteiger partial charge in [0.05, 0.1) is 18.5 Å². The van der Waals surface area contributed by atoms with Crippen LogP contribution in [0.1, 0.15) is 37.6 Å². The third-order valence-electron chi connectivity index (χ3n) is 4.47. The Morgan fingerprint density at radius 2 is 2.00 bits per heavy atom. The van der Waals surface area contributed by atoms with Crippen LogP contribution in [0.15, 0.2) is 52.2 Å². The van der Waals surface area contributed by atoms with Gasteiger partial charge in [0.15, 0.2) is 0 Å². The molecule has 132 valence electrons. The minimum Gasteiger partial charge on any atom is -0.467 e. The second-order valence-electron chi connectivity index (χ2n) is 5.99. The van der Waals surface area contributed by atoms with Crippen molar-refractivity contribution in [3.8, 4) is 0 Å². The van der Waals surface area contributed by atoms with Gasteiger partial charge < -0.3 is 4.42 Å². The number of nitrogens with zero attached hydrogens (tertiary/aromatic N) is 3. The molecule has 1 amide bonds. The van der Waals surface area contributed by atoms with Crippen molar-refractivity contribution in [2.75, 3.05) is 19.6 Å². The molecule has 0 saturated carbocycles. The molecule has 0 fully saturated rings. The Hall–Kier alpha value is -2.11. The third kappa shape index (κ3) is 3.94. The highest BCUT2D eigenvalue weighted by atomic mass is 35.5. The van der Waals surface area contributed by atoms with Crippen molar-refractivity contribution in [1.82, 2.24) is 9.91 Å². The van der Waals surface area contributed by atoms with Crippen LogP contribution in [0.3, 0.4) is 0 Å². The number of rotatable bonds is 6. The topological polar surface area (TPSA) is 49.1 Å². The monoisotopic (exact) mass is 359 g/mol. The SMILES string of the molecule is CCN(CC)CC(=O)N1N=C(c2ccc(Cl)cc2)C[C@@H]1c1ccco1. The molecule has 6 heteroatoms. The molecule has 1 aliphatic rings. The first-order valence-corrected chi connectivity index (χ1v) is 8.91. The number of hydrazone groups is 1. The zero-order chi connectivity index (χ0) is 17.8. The number of benzene rings is 1. The van der Waals surface area contributed by atoms with Crippen molar-refractivity contribution in [2.45, 2.75) is 26.3 Å². The Labute approximate surface area is 152 Å². The number of amides is 1. The van der Waals surface area contributed by atoms with Gasteiger partial charge in [-0.05, 0) is 42.9 Å². The summed E-state index contributed by atoms with van der Waals surface area (Å²) in [5.74, 6) is 0.731. The molecule has 0 radical (unpaired) electrons. The van der Waals surface area contributed by atoms with E-state index in [-0.39, 0.29) is 11.9 Å². The van der Waals surface area contributed by atoms with Gasteiger partial charge in [0.1, 0.15) is 11.8 Å². The lowest BCUT2D eigenvalue weighted by Gasteiger charge is -2.24. The molecule has 3 rings (SSSR count). The molecule has 1 aliphatic heterocycles. The van der Waals surface area contributed by atoms with Crippen LogP contribution in [0.4, 0.5) is 0 Å². The fraction of sp³-hybridized carbons (Fsp3) is 0.368. The van der Waals surface area contributed by atoms with E-state index >= 15 is 0 Å². The van der Waals surface area contributed by atoms with E-state index in [0.717, 1.165) is 30.1 Å². The van der Waals surface area contributed by atoms with E-state index in [4.69, 9.17) is 16.0 Å². The van der Waals surface area contributed by atoms with E-state index in [0.29, 0.717) is 18.0 Å². The fourth-order valence-electron chi connectivity index (χ4n) is 2.97. The maximum Gasteiger partial charge on any atom is 0.257 e. The van der Waals surface area contributed by atoms with Crippen LogP contribution >= 0.6 is 11.6 Å². The molecular weight excluding hydrogens is 338 g/mol. The van der Waals surface area contributed by atoms with Gasteiger partial charge in [-0.1, -0.05) is 37.6 Å². The average Bonchev–Trinajstić information content (AvgIpc) is 3.29. The van der Waals surface area contributed by atoms with Gasteiger partial charge >= 0.3 is 0 Å². The number of likely N-dealkylation sites (N-methyl/N-ethyl adjacent to an activating group) is 1.